The van der Waals surface area contributed by atoms with Gasteiger partial charge in [0.2, 0.25) is 0 Å². The molecule has 1 heterocycles. The highest BCUT2D eigenvalue weighted by Gasteiger charge is 2.24. The molecule has 1 aromatic rings. The summed E-state index contributed by atoms with van der Waals surface area (Å²) in [6.07, 6.45) is 1.17. The molecule has 0 radical (unpaired) electrons. The van der Waals surface area contributed by atoms with E-state index in [0.29, 0.717) is 11.9 Å². The molecule has 1 saturated heterocycles. The Balaban J connectivity index is 2.23. The van der Waals surface area contributed by atoms with E-state index in [9.17, 15) is 0 Å². The second-order valence-electron chi connectivity index (χ2n) is 4.90. The predicted octanol–water partition coefficient (Wildman–Crippen LogP) is 3.61. The zero-order valence-electron chi connectivity index (χ0n) is 11.0. The largest absolute Gasteiger partial charge is 0.368 e. The van der Waals surface area contributed by atoms with Crippen molar-refractivity contribution in [1.82, 2.24) is 4.90 Å². The van der Waals surface area contributed by atoms with Gasteiger partial charge in [0.05, 0.1) is 0 Å². The Morgan fingerprint density at radius 3 is 2.78 bits per heavy atom. The van der Waals surface area contributed by atoms with Crippen LogP contribution in [0.3, 0.4) is 0 Å². The lowest BCUT2D eigenvalue weighted by molar-refractivity contribution is 0.213. The lowest BCUT2D eigenvalue weighted by atomic mass is 10.1. The number of hydrogen-bond donors (Lipinski definition) is 0. The van der Waals surface area contributed by atoms with Crippen molar-refractivity contribution >= 4 is 28.9 Å². The quantitative estimate of drug-likeness (QED) is 0.784. The van der Waals surface area contributed by atoms with Crippen molar-refractivity contribution in [3.05, 3.63) is 28.8 Å². The van der Waals surface area contributed by atoms with Gasteiger partial charge in [-0.15, -0.1) is 11.6 Å². The molecule has 1 fully saturated rings. The normalized spacial score (nSPS) is 21.3. The predicted molar refractivity (Wildman–Crippen MR) is 79.9 cm³/mol. The van der Waals surface area contributed by atoms with Gasteiger partial charge in [0.1, 0.15) is 0 Å². The molecule has 4 heteroatoms. The first-order valence-corrected chi connectivity index (χ1v) is 7.36. The second kappa shape index (κ2) is 6.14. The van der Waals surface area contributed by atoms with Crippen LogP contribution in [0.1, 0.15) is 18.9 Å². The zero-order chi connectivity index (χ0) is 13.1. The summed E-state index contributed by atoms with van der Waals surface area (Å²) in [4.78, 5) is 4.85. The molecular weight excluding hydrogens is 267 g/mol. The smallest absolute Gasteiger partial charge is 0.0494 e. The Bertz CT molecular complexity index is 409. The van der Waals surface area contributed by atoms with Crippen molar-refractivity contribution in [2.24, 2.45) is 0 Å². The van der Waals surface area contributed by atoms with Crippen molar-refractivity contribution in [3.63, 3.8) is 0 Å². The van der Waals surface area contributed by atoms with Crippen molar-refractivity contribution < 1.29 is 0 Å². The molecule has 0 amide bonds. The fraction of sp³-hybridized carbons (Fsp3) is 0.571. The van der Waals surface area contributed by atoms with Crippen LogP contribution in [-0.4, -0.2) is 37.6 Å². The molecule has 1 atom stereocenters. The fourth-order valence-corrected chi connectivity index (χ4v) is 2.94. The Morgan fingerprint density at radius 2 is 2.11 bits per heavy atom. The second-order valence-corrected chi connectivity index (χ2v) is 5.60. The number of halogens is 2. The highest BCUT2D eigenvalue weighted by molar-refractivity contribution is 6.31. The topological polar surface area (TPSA) is 6.48 Å². The van der Waals surface area contributed by atoms with Gasteiger partial charge in [0, 0.05) is 42.3 Å². The number of hydrogen-bond acceptors (Lipinski definition) is 2. The third-order valence-electron chi connectivity index (χ3n) is 3.78. The minimum absolute atomic E-state index is 0.537. The van der Waals surface area contributed by atoms with E-state index in [4.69, 9.17) is 23.2 Å². The summed E-state index contributed by atoms with van der Waals surface area (Å²) in [5.74, 6) is 0.537. The summed E-state index contributed by atoms with van der Waals surface area (Å²) in [5.41, 5.74) is 2.37. The summed E-state index contributed by atoms with van der Waals surface area (Å²) < 4.78 is 0. The number of benzene rings is 1. The van der Waals surface area contributed by atoms with Gasteiger partial charge in [0.25, 0.3) is 0 Å². The van der Waals surface area contributed by atoms with Crippen LogP contribution in [-0.2, 0) is 5.88 Å². The number of likely N-dealkylation sites (N-methyl/N-ethyl adjacent to an activating group) is 1. The highest BCUT2D eigenvalue weighted by Crippen LogP contribution is 2.28. The summed E-state index contributed by atoms with van der Waals surface area (Å²) >= 11 is 12.1. The van der Waals surface area contributed by atoms with Crippen molar-refractivity contribution in [1.29, 1.82) is 0 Å². The van der Waals surface area contributed by atoms with E-state index in [1.54, 1.807) is 0 Å². The number of alkyl halides is 1. The van der Waals surface area contributed by atoms with Gasteiger partial charge in [-0.05, 0) is 31.2 Å². The van der Waals surface area contributed by atoms with Gasteiger partial charge in [-0.1, -0.05) is 24.6 Å². The molecule has 18 heavy (non-hydrogen) atoms. The molecular formula is C14H20Cl2N2. The first kappa shape index (κ1) is 14.0. The van der Waals surface area contributed by atoms with Crippen LogP contribution in [0.2, 0.25) is 5.02 Å². The third kappa shape index (κ3) is 2.93. The molecule has 0 aromatic heterocycles. The van der Waals surface area contributed by atoms with Crippen LogP contribution >= 0.6 is 23.2 Å². The van der Waals surface area contributed by atoms with Gasteiger partial charge in [-0.25, -0.2) is 0 Å². The maximum absolute atomic E-state index is 6.11. The molecule has 0 N–H and O–H groups in total. The molecule has 0 spiro atoms. The molecule has 1 aromatic carbocycles. The Morgan fingerprint density at radius 1 is 1.33 bits per heavy atom. The highest BCUT2D eigenvalue weighted by atomic mass is 35.5. The number of anilines is 1. The fourth-order valence-electron chi connectivity index (χ4n) is 2.55. The van der Waals surface area contributed by atoms with Gasteiger partial charge >= 0.3 is 0 Å². The SMILES string of the molecule is CCC1CN(c2cc(Cl)ccc2CCl)CCN1C. The molecule has 0 bridgehead atoms. The molecule has 0 aliphatic carbocycles. The lowest BCUT2D eigenvalue weighted by Crippen LogP contribution is -2.51. The maximum Gasteiger partial charge on any atom is 0.0494 e. The summed E-state index contributed by atoms with van der Waals surface area (Å²) in [6.45, 7) is 5.42. The minimum atomic E-state index is 0.537. The van der Waals surface area contributed by atoms with E-state index < -0.39 is 0 Å². The van der Waals surface area contributed by atoms with Gasteiger partial charge < -0.3 is 4.90 Å². The number of nitrogens with zero attached hydrogens (tertiary/aromatic N) is 2. The summed E-state index contributed by atoms with van der Waals surface area (Å²) in [7, 11) is 2.20. The average molecular weight is 287 g/mol. The molecule has 2 rings (SSSR count). The van der Waals surface area contributed by atoms with Crippen molar-refractivity contribution in [2.75, 3.05) is 31.6 Å². The first-order chi connectivity index (χ1) is 8.65. The molecule has 100 valence electrons. The van der Waals surface area contributed by atoms with E-state index in [1.165, 1.54) is 17.7 Å². The number of piperazine rings is 1. The molecule has 1 unspecified atom stereocenters. The van der Waals surface area contributed by atoms with Crippen molar-refractivity contribution in [3.8, 4) is 0 Å². The molecule has 2 nitrogen and oxygen atoms in total. The number of rotatable bonds is 3. The van der Waals surface area contributed by atoms with Crippen molar-refractivity contribution in [2.45, 2.75) is 25.3 Å². The third-order valence-corrected chi connectivity index (χ3v) is 4.30. The van der Waals surface area contributed by atoms with Gasteiger partial charge in [-0.3, -0.25) is 4.90 Å². The molecule has 0 saturated carbocycles. The Labute approximate surface area is 119 Å². The van der Waals surface area contributed by atoms with Gasteiger partial charge in [0.15, 0.2) is 0 Å². The average Bonchev–Trinajstić information content (AvgIpc) is 2.39. The van der Waals surface area contributed by atoms with Crippen LogP contribution in [0.15, 0.2) is 18.2 Å². The summed E-state index contributed by atoms with van der Waals surface area (Å²) in [6, 6.07) is 6.60. The zero-order valence-corrected chi connectivity index (χ0v) is 12.5. The van der Waals surface area contributed by atoms with E-state index in [1.807, 2.05) is 18.2 Å². The minimum Gasteiger partial charge on any atom is -0.368 e. The first-order valence-electron chi connectivity index (χ1n) is 6.45. The summed E-state index contributed by atoms with van der Waals surface area (Å²) in [5, 5.41) is 0.783. The Kier molecular flexibility index (Phi) is 4.77. The Hall–Kier alpha value is -0.440. The lowest BCUT2D eigenvalue weighted by Gasteiger charge is -2.41. The van der Waals surface area contributed by atoms with Crippen LogP contribution < -0.4 is 4.90 Å². The van der Waals surface area contributed by atoms with E-state index in [2.05, 4.69) is 23.8 Å². The monoisotopic (exact) mass is 286 g/mol. The van der Waals surface area contributed by atoms with Crippen LogP contribution in [0.5, 0.6) is 0 Å². The van der Waals surface area contributed by atoms with Gasteiger partial charge in [-0.2, -0.15) is 0 Å². The van der Waals surface area contributed by atoms with Crippen LogP contribution in [0, 0.1) is 0 Å². The molecule has 1 aliphatic rings. The van der Waals surface area contributed by atoms with E-state index in [-0.39, 0.29) is 0 Å². The maximum atomic E-state index is 6.11. The van der Waals surface area contributed by atoms with E-state index in [0.717, 1.165) is 24.7 Å². The van der Waals surface area contributed by atoms with E-state index >= 15 is 0 Å². The molecule has 1 aliphatic heterocycles. The van der Waals surface area contributed by atoms with Crippen LogP contribution in [0.4, 0.5) is 5.69 Å². The van der Waals surface area contributed by atoms with Crippen LogP contribution in [0.25, 0.3) is 0 Å². The standard InChI is InChI=1S/C14H20Cl2N2/c1-3-13-10-18(7-6-17(13)2)14-8-12(16)5-4-11(14)9-15/h4-5,8,13H,3,6-7,9-10H2,1-2H3.